The van der Waals surface area contributed by atoms with Crippen molar-refractivity contribution in [3.8, 4) is 0 Å². The van der Waals surface area contributed by atoms with Gasteiger partial charge in [0.05, 0.1) is 11.4 Å². The molecule has 1 heterocycles. The van der Waals surface area contributed by atoms with Gasteiger partial charge in [0.1, 0.15) is 4.88 Å². The Morgan fingerprint density at radius 1 is 1.40 bits per heavy atom. The van der Waals surface area contributed by atoms with Crippen molar-refractivity contribution in [1.29, 1.82) is 0 Å². The van der Waals surface area contributed by atoms with Crippen molar-refractivity contribution >= 4 is 54.6 Å². The van der Waals surface area contributed by atoms with Crippen LogP contribution < -0.4 is 16.2 Å². The van der Waals surface area contributed by atoms with E-state index in [4.69, 9.17) is 22.5 Å². The molecule has 0 unspecified atom stereocenters. The van der Waals surface area contributed by atoms with E-state index >= 15 is 0 Å². The summed E-state index contributed by atoms with van der Waals surface area (Å²) in [6.07, 6.45) is 0. The van der Waals surface area contributed by atoms with Crippen LogP contribution in [0.4, 0.5) is 5.69 Å². The molecule has 9 heteroatoms. The van der Waals surface area contributed by atoms with Gasteiger partial charge in [-0.1, -0.05) is 11.6 Å². The molecule has 0 saturated carbocycles. The highest BCUT2D eigenvalue weighted by Gasteiger charge is 2.16. The van der Waals surface area contributed by atoms with E-state index in [9.17, 15) is 13.2 Å². The van der Waals surface area contributed by atoms with E-state index in [1.807, 2.05) is 0 Å². The van der Waals surface area contributed by atoms with Crippen LogP contribution in [0, 0.1) is 0 Å². The number of benzene rings is 1. The zero-order valence-electron chi connectivity index (χ0n) is 10.2. The Kier molecular flexibility index (Phi) is 4.19. The summed E-state index contributed by atoms with van der Waals surface area (Å²) in [5.41, 5.74) is 6.25. The Hall–Kier alpha value is -1.35. The summed E-state index contributed by atoms with van der Waals surface area (Å²) >= 11 is 7.10. The van der Waals surface area contributed by atoms with E-state index in [1.54, 1.807) is 18.2 Å². The first kappa shape index (κ1) is 15.0. The number of fused-ring (bicyclic) bond motifs is 1. The van der Waals surface area contributed by atoms with Crippen LogP contribution in [-0.4, -0.2) is 26.6 Å². The Labute approximate surface area is 124 Å². The summed E-state index contributed by atoms with van der Waals surface area (Å²) < 4.78 is 22.4. The number of hydrogen-bond donors (Lipinski definition) is 3. The van der Waals surface area contributed by atoms with Crippen LogP contribution in [0.2, 0.25) is 5.02 Å². The van der Waals surface area contributed by atoms with E-state index in [2.05, 4.69) is 5.32 Å². The smallest absolute Gasteiger partial charge is 0.263 e. The molecule has 0 fully saturated rings. The van der Waals surface area contributed by atoms with Gasteiger partial charge in [0, 0.05) is 21.7 Å². The summed E-state index contributed by atoms with van der Waals surface area (Å²) in [4.78, 5) is 12.3. The van der Waals surface area contributed by atoms with E-state index in [0.29, 0.717) is 21.0 Å². The third kappa shape index (κ3) is 3.40. The van der Waals surface area contributed by atoms with Gasteiger partial charge < -0.3 is 11.1 Å². The number of nitrogen functional groups attached to an aromatic ring is 1. The maximum atomic E-state index is 12.0. The summed E-state index contributed by atoms with van der Waals surface area (Å²) in [6, 6.07) is 5.17. The van der Waals surface area contributed by atoms with Gasteiger partial charge in [0.25, 0.3) is 5.91 Å². The van der Waals surface area contributed by atoms with Gasteiger partial charge in [0.15, 0.2) is 0 Å². The lowest BCUT2D eigenvalue weighted by Crippen LogP contribution is -2.31. The summed E-state index contributed by atoms with van der Waals surface area (Å²) in [7, 11) is -3.60. The molecule has 0 radical (unpaired) electrons. The Morgan fingerprint density at radius 3 is 2.75 bits per heavy atom. The second-order valence-corrected chi connectivity index (χ2v) is 7.33. The van der Waals surface area contributed by atoms with Gasteiger partial charge in [-0.25, -0.2) is 13.6 Å². The maximum Gasteiger partial charge on any atom is 0.263 e. The number of primary sulfonamides is 1. The monoisotopic (exact) mass is 333 g/mol. The zero-order valence-corrected chi connectivity index (χ0v) is 12.6. The second-order valence-electron chi connectivity index (χ2n) is 4.11. The number of carbonyl (C=O) groups is 1. The molecule has 0 saturated heterocycles. The van der Waals surface area contributed by atoms with Crippen LogP contribution in [-0.2, 0) is 10.0 Å². The lowest BCUT2D eigenvalue weighted by molar-refractivity contribution is 0.0961. The normalized spacial score (nSPS) is 11.7. The lowest BCUT2D eigenvalue weighted by atomic mass is 10.2. The third-order valence-corrected chi connectivity index (χ3v) is 4.76. The predicted octanol–water partition coefficient (Wildman–Crippen LogP) is 1.16. The molecule has 2 rings (SSSR count). The first-order chi connectivity index (χ1) is 9.28. The second kappa shape index (κ2) is 5.57. The molecule has 5 N–H and O–H groups in total. The zero-order chi connectivity index (χ0) is 14.9. The number of amides is 1. The lowest BCUT2D eigenvalue weighted by Gasteiger charge is -2.03. The van der Waals surface area contributed by atoms with Crippen molar-refractivity contribution in [2.75, 3.05) is 18.0 Å². The first-order valence-electron chi connectivity index (χ1n) is 5.54. The molecule has 0 atom stereocenters. The number of nitrogens with one attached hydrogen (secondary N) is 1. The van der Waals surface area contributed by atoms with Crippen molar-refractivity contribution in [1.82, 2.24) is 5.32 Å². The quantitative estimate of drug-likeness (QED) is 0.778. The molecule has 6 nitrogen and oxygen atoms in total. The molecular weight excluding hydrogens is 322 g/mol. The van der Waals surface area contributed by atoms with Gasteiger partial charge in [-0.3, -0.25) is 4.79 Å². The van der Waals surface area contributed by atoms with Crippen LogP contribution in [0.15, 0.2) is 18.2 Å². The molecule has 2 aromatic rings. The van der Waals surface area contributed by atoms with Crippen molar-refractivity contribution in [3.05, 3.63) is 28.1 Å². The topological polar surface area (TPSA) is 115 Å². The Bertz CT molecular complexity index is 771. The van der Waals surface area contributed by atoms with Crippen LogP contribution in [0.25, 0.3) is 10.1 Å². The molecule has 20 heavy (non-hydrogen) atoms. The van der Waals surface area contributed by atoms with Crippen molar-refractivity contribution in [2.45, 2.75) is 0 Å². The molecule has 1 aromatic carbocycles. The van der Waals surface area contributed by atoms with Gasteiger partial charge in [-0.05, 0) is 18.2 Å². The fraction of sp³-hybridized carbons (Fsp3) is 0.182. The SMILES string of the molecule is Nc1c(C(=O)NCCS(N)(=O)=O)sc2ccc(Cl)cc12. The van der Waals surface area contributed by atoms with Gasteiger partial charge in [0.2, 0.25) is 10.0 Å². The van der Waals surface area contributed by atoms with E-state index in [-0.39, 0.29) is 12.3 Å². The summed E-state index contributed by atoms with van der Waals surface area (Å²) in [5, 5.41) is 8.56. The third-order valence-electron chi connectivity index (χ3n) is 2.57. The van der Waals surface area contributed by atoms with Gasteiger partial charge in [-0.15, -0.1) is 11.3 Å². The Morgan fingerprint density at radius 2 is 2.10 bits per heavy atom. The fourth-order valence-electron chi connectivity index (χ4n) is 1.64. The van der Waals surface area contributed by atoms with Crippen LogP contribution in [0.5, 0.6) is 0 Å². The van der Waals surface area contributed by atoms with Gasteiger partial charge >= 0.3 is 0 Å². The van der Waals surface area contributed by atoms with Crippen molar-refractivity contribution < 1.29 is 13.2 Å². The maximum absolute atomic E-state index is 12.0. The highest BCUT2D eigenvalue weighted by molar-refractivity contribution is 7.89. The van der Waals surface area contributed by atoms with Crippen LogP contribution in [0.3, 0.4) is 0 Å². The number of thiophene rings is 1. The molecule has 0 aliphatic heterocycles. The molecule has 108 valence electrons. The molecule has 0 aliphatic carbocycles. The Balaban J connectivity index is 2.20. The van der Waals surface area contributed by atoms with Crippen LogP contribution in [0.1, 0.15) is 9.67 Å². The van der Waals surface area contributed by atoms with Crippen molar-refractivity contribution in [3.63, 3.8) is 0 Å². The molecular formula is C11H12ClN3O3S2. The van der Waals surface area contributed by atoms with Gasteiger partial charge in [-0.2, -0.15) is 0 Å². The van der Waals surface area contributed by atoms with E-state index in [0.717, 1.165) is 4.70 Å². The number of anilines is 1. The van der Waals surface area contributed by atoms with E-state index in [1.165, 1.54) is 11.3 Å². The highest BCUT2D eigenvalue weighted by atomic mass is 35.5. The predicted molar refractivity (Wildman–Crippen MR) is 81.6 cm³/mol. The minimum Gasteiger partial charge on any atom is -0.397 e. The number of sulfonamides is 1. The number of halogens is 1. The largest absolute Gasteiger partial charge is 0.397 e. The molecule has 0 spiro atoms. The average molecular weight is 334 g/mol. The molecule has 0 bridgehead atoms. The summed E-state index contributed by atoms with van der Waals surface area (Å²) in [5.74, 6) is -0.751. The first-order valence-corrected chi connectivity index (χ1v) is 8.45. The summed E-state index contributed by atoms with van der Waals surface area (Å²) in [6.45, 7) is -0.0634. The fourth-order valence-corrected chi connectivity index (χ4v) is 3.22. The average Bonchev–Trinajstić information content (AvgIpc) is 2.65. The molecule has 1 aromatic heterocycles. The van der Waals surface area contributed by atoms with Crippen LogP contribution >= 0.6 is 22.9 Å². The highest BCUT2D eigenvalue weighted by Crippen LogP contribution is 2.35. The number of nitrogens with two attached hydrogens (primary N) is 2. The standard InChI is InChI=1S/C11H12ClN3O3S2/c12-6-1-2-8-7(5-6)9(13)10(19-8)11(16)15-3-4-20(14,17)18/h1-2,5H,3-4,13H2,(H,15,16)(H2,14,17,18). The number of hydrogen-bond acceptors (Lipinski definition) is 5. The van der Waals surface area contributed by atoms with E-state index < -0.39 is 15.9 Å². The number of carbonyl (C=O) groups excluding carboxylic acids is 1. The molecule has 1 amide bonds. The number of rotatable bonds is 4. The molecule has 0 aliphatic rings. The minimum atomic E-state index is -3.60. The minimum absolute atomic E-state index is 0.0634. The van der Waals surface area contributed by atoms with Crippen molar-refractivity contribution in [2.24, 2.45) is 5.14 Å².